The van der Waals surface area contributed by atoms with Gasteiger partial charge in [0, 0.05) is 12.6 Å². The summed E-state index contributed by atoms with van der Waals surface area (Å²) in [7, 11) is 0. The Kier molecular flexibility index (Phi) is 4.88. The van der Waals surface area contributed by atoms with E-state index >= 15 is 0 Å². The predicted molar refractivity (Wildman–Crippen MR) is 83.1 cm³/mol. The van der Waals surface area contributed by atoms with Crippen LogP contribution in [0, 0.1) is 12.7 Å². The van der Waals surface area contributed by atoms with E-state index in [-0.39, 0.29) is 11.7 Å². The van der Waals surface area contributed by atoms with Crippen LogP contribution in [0.3, 0.4) is 0 Å². The zero-order valence-electron chi connectivity index (χ0n) is 12.2. The summed E-state index contributed by atoms with van der Waals surface area (Å²) < 4.78 is 12.9. The summed E-state index contributed by atoms with van der Waals surface area (Å²) in [5.74, 6) is -0.435. The van der Waals surface area contributed by atoms with Crippen molar-refractivity contribution in [3.05, 3.63) is 77.1 Å². The Morgan fingerprint density at radius 1 is 1.14 bits per heavy atom. The van der Waals surface area contributed by atoms with Crippen LogP contribution < -0.4 is 5.32 Å². The van der Waals surface area contributed by atoms with Crippen molar-refractivity contribution in [3.63, 3.8) is 0 Å². The van der Waals surface area contributed by atoms with Gasteiger partial charge in [0.25, 0.3) is 0 Å². The Labute approximate surface area is 124 Å². The Hall–Kier alpha value is -2.42. The lowest BCUT2D eigenvalue weighted by molar-refractivity contribution is -0.116. The average molecular weight is 283 g/mol. The number of carbonyl (C=O) groups is 1. The van der Waals surface area contributed by atoms with Crippen molar-refractivity contribution in [2.45, 2.75) is 20.4 Å². The molecule has 3 heteroatoms. The zero-order chi connectivity index (χ0) is 15.2. The topological polar surface area (TPSA) is 29.1 Å². The van der Waals surface area contributed by atoms with Crippen LogP contribution in [0.25, 0.3) is 5.57 Å². The molecule has 0 aliphatic carbocycles. The number of benzene rings is 2. The van der Waals surface area contributed by atoms with Gasteiger partial charge in [-0.2, -0.15) is 0 Å². The third-order valence-corrected chi connectivity index (χ3v) is 3.36. The molecule has 0 fully saturated rings. The van der Waals surface area contributed by atoms with E-state index in [1.165, 1.54) is 18.2 Å². The fourth-order valence-corrected chi connectivity index (χ4v) is 2.03. The number of nitrogens with one attached hydrogen (secondary N) is 1. The number of hydrogen-bond acceptors (Lipinski definition) is 1. The second-order valence-electron chi connectivity index (χ2n) is 4.98. The minimum absolute atomic E-state index is 0.153. The predicted octanol–water partition coefficient (Wildman–Crippen LogP) is 3.85. The maximum absolute atomic E-state index is 12.9. The number of halogens is 1. The molecule has 1 amide bonds. The van der Waals surface area contributed by atoms with Crippen molar-refractivity contribution in [1.82, 2.24) is 5.32 Å². The SMILES string of the molecule is C/C(=C/C(=O)NCc1ccccc1C)c1ccc(F)cc1. The molecule has 108 valence electrons. The highest BCUT2D eigenvalue weighted by atomic mass is 19.1. The fraction of sp³-hybridized carbons (Fsp3) is 0.167. The second-order valence-corrected chi connectivity index (χ2v) is 4.98. The molecule has 0 unspecified atom stereocenters. The fourth-order valence-electron chi connectivity index (χ4n) is 2.03. The zero-order valence-corrected chi connectivity index (χ0v) is 12.2. The van der Waals surface area contributed by atoms with Gasteiger partial charge in [0.05, 0.1) is 0 Å². The highest BCUT2D eigenvalue weighted by Gasteiger charge is 2.02. The van der Waals surface area contributed by atoms with Crippen LogP contribution >= 0.6 is 0 Å². The number of amides is 1. The molecule has 0 aliphatic heterocycles. The first-order chi connectivity index (χ1) is 10.1. The number of rotatable bonds is 4. The first-order valence-electron chi connectivity index (χ1n) is 6.83. The molecule has 21 heavy (non-hydrogen) atoms. The lowest BCUT2D eigenvalue weighted by Gasteiger charge is -2.07. The summed E-state index contributed by atoms with van der Waals surface area (Å²) in [5.41, 5.74) is 3.88. The van der Waals surface area contributed by atoms with Crippen LogP contribution in [0.2, 0.25) is 0 Å². The van der Waals surface area contributed by atoms with Crippen LogP contribution in [0.4, 0.5) is 4.39 Å². The molecule has 0 saturated carbocycles. The van der Waals surface area contributed by atoms with Gasteiger partial charge in [-0.1, -0.05) is 36.4 Å². The Bertz CT molecular complexity index is 659. The molecule has 1 N–H and O–H groups in total. The molecule has 0 aromatic heterocycles. The molecule has 0 heterocycles. The van der Waals surface area contributed by atoms with Crippen molar-refractivity contribution < 1.29 is 9.18 Å². The number of hydrogen-bond donors (Lipinski definition) is 1. The van der Waals surface area contributed by atoms with E-state index in [2.05, 4.69) is 5.32 Å². The van der Waals surface area contributed by atoms with Gasteiger partial charge < -0.3 is 5.32 Å². The highest BCUT2D eigenvalue weighted by Crippen LogP contribution is 2.14. The molecule has 0 aliphatic rings. The van der Waals surface area contributed by atoms with Gasteiger partial charge >= 0.3 is 0 Å². The van der Waals surface area contributed by atoms with Gasteiger partial charge in [-0.25, -0.2) is 4.39 Å². The summed E-state index contributed by atoms with van der Waals surface area (Å²) in [6, 6.07) is 14.0. The highest BCUT2D eigenvalue weighted by molar-refractivity contribution is 5.94. The van der Waals surface area contributed by atoms with Gasteiger partial charge in [0.15, 0.2) is 0 Å². The standard InChI is InChI=1S/C18H18FNO/c1-13-5-3-4-6-16(13)12-20-18(21)11-14(2)15-7-9-17(19)10-8-15/h3-11H,12H2,1-2H3,(H,20,21)/b14-11-. The van der Waals surface area contributed by atoms with Gasteiger partial charge in [-0.05, 0) is 48.2 Å². The largest absolute Gasteiger partial charge is 0.348 e. The van der Waals surface area contributed by atoms with E-state index in [1.807, 2.05) is 38.1 Å². The molecular weight excluding hydrogens is 265 g/mol. The second kappa shape index (κ2) is 6.84. The number of aryl methyl sites for hydroxylation is 1. The third-order valence-electron chi connectivity index (χ3n) is 3.36. The average Bonchev–Trinajstić information content (AvgIpc) is 2.47. The Morgan fingerprint density at radius 3 is 2.48 bits per heavy atom. The van der Waals surface area contributed by atoms with Crippen molar-refractivity contribution in [2.75, 3.05) is 0 Å². The first-order valence-corrected chi connectivity index (χ1v) is 6.83. The molecule has 2 nitrogen and oxygen atoms in total. The molecule has 0 saturated heterocycles. The van der Waals surface area contributed by atoms with Gasteiger partial charge in [0.1, 0.15) is 5.82 Å². The third kappa shape index (κ3) is 4.28. The van der Waals surface area contributed by atoms with Crippen molar-refractivity contribution >= 4 is 11.5 Å². The molecule has 0 radical (unpaired) electrons. The maximum atomic E-state index is 12.9. The smallest absolute Gasteiger partial charge is 0.244 e. The monoisotopic (exact) mass is 283 g/mol. The Morgan fingerprint density at radius 2 is 1.81 bits per heavy atom. The van der Waals surface area contributed by atoms with Crippen molar-refractivity contribution in [2.24, 2.45) is 0 Å². The van der Waals surface area contributed by atoms with Gasteiger partial charge in [-0.15, -0.1) is 0 Å². The minimum Gasteiger partial charge on any atom is -0.348 e. The van der Waals surface area contributed by atoms with Crippen molar-refractivity contribution in [1.29, 1.82) is 0 Å². The molecule has 2 aromatic carbocycles. The molecular formula is C18H18FNO. The van der Waals surface area contributed by atoms with E-state index in [0.717, 1.165) is 22.3 Å². The van der Waals surface area contributed by atoms with Crippen LogP contribution in [0.1, 0.15) is 23.6 Å². The van der Waals surface area contributed by atoms with Crippen LogP contribution in [-0.4, -0.2) is 5.91 Å². The van der Waals surface area contributed by atoms with E-state index in [9.17, 15) is 9.18 Å². The molecule has 0 bridgehead atoms. The van der Waals surface area contributed by atoms with Crippen LogP contribution in [0.15, 0.2) is 54.6 Å². The van der Waals surface area contributed by atoms with Crippen molar-refractivity contribution in [3.8, 4) is 0 Å². The molecule has 2 aromatic rings. The lowest BCUT2D eigenvalue weighted by atomic mass is 10.1. The number of allylic oxidation sites excluding steroid dienone is 1. The van der Waals surface area contributed by atoms with Crippen LogP contribution in [0.5, 0.6) is 0 Å². The summed E-state index contributed by atoms with van der Waals surface area (Å²) in [5, 5.41) is 2.86. The summed E-state index contributed by atoms with van der Waals surface area (Å²) in [6.45, 7) is 4.35. The van der Waals surface area contributed by atoms with E-state index in [0.29, 0.717) is 6.54 Å². The van der Waals surface area contributed by atoms with E-state index in [1.54, 1.807) is 12.1 Å². The normalized spacial score (nSPS) is 11.3. The Balaban J connectivity index is 1.99. The van der Waals surface area contributed by atoms with Crippen LogP contribution in [-0.2, 0) is 11.3 Å². The molecule has 2 rings (SSSR count). The van der Waals surface area contributed by atoms with Gasteiger partial charge in [-0.3, -0.25) is 4.79 Å². The summed E-state index contributed by atoms with van der Waals surface area (Å²) in [4.78, 5) is 11.9. The molecule has 0 atom stereocenters. The number of carbonyl (C=O) groups excluding carboxylic acids is 1. The van der Waals surface area contributed by atoms with Gasteiger partial charge in [0.2, 0.25) is 5.91 Å². The quantitative estimate of drug-likeness (QED) is 0.848. The minimum atomic E-state index is -0.282. The van der Waals surface area contributed by atoms with E-state index in [4.69, 9.17) is 0 Å². The summed E-state index contributed by atoms with van der Waals surface area (Å²) >= 11 is 0. The summed E-state index contributed by atoms with van der Waals surface area (Å²) in [6.07, 6.45) is 1.53. The van der Waals surface area contributed by atoms with E-state index < -0.39 is 0 Å². The molecule has 0 spiro atoms. The maximum Gasteiger partial charge on any atom is 0.244 e. The first kappa shape index (κ1) is 15.0. The lowest BCUT2D eigenvalue weighted by Crippen LogP contribution is -2.21.